The smallest absolute Gasteiger partial charge is 0.246 e. The standard InChI is InChI=1S/C14H9N2O2/c17-12-8-4-7-11-14(12)16-13(9-15-11)18-10-5-2-1-3-6-10/h1-8,15H. The first-order valence-electron chi connectivity index (χ1n) is 5.46. The number of benzene rings is 2. The summed E-state index contributed by atoms with van der Waals surface area (Å²) in [5, 5.41) is 0. The van der Waals surface area contributed by atoms with Crippen molar-refractivity contribution in [2.24, 2.45) is 0 Å². The van der Waals surface area contributed by atoms with E-state index in [0.29, 0.717) is 17.1 Å². The molecule has 1 aliphatic heterocycles. The minimum Gasteiger partial charge on any atom is -0.437 e. The molecule has 0 amide bonds. The topological polar surface area (TPSA) is 55.0 Å². The van der Waals surface area contributed by atoms with Crippen molar-refractivity contribution in [3.8, 4) is 23.0 Å². The molecule has 0 bridgehead atoms. The highest BCUT2D eigenvalue weighted by atomic mass is 16.5. The molecule has 1 radical (unpaired) electrons. The van der Waals surface area contributed by atoms with E-state index >= 15 is 0 Å². The van der Waals surface area contributed by atoms with Crippen LogP contribution < -0.4 is 10.2 Å². The lowest BCUT2D eigenvalue weighted by molar-refractivity contribution is 0.459. The van der Waals surface area contributed by atoms with Crippen LogP contribution in [0.5, 0.6) is 11.6 Å². The van der Waals surface area contributed by atoms with Crippen molar-refractivity contribution < 1.29 is 4.74 Å². The number of H-pyrrole nitrogens is 1. The third-order valence-electron chi connectivity index (χ3n) is 2.47. The first-order valence-corrected chi connectivity index (χ1v) is 5.46. The molecule has 4 nitrogen and oxygen atoms in total. The summed E-state index contributed by atoms with van der Waals surface area (Å²) < 4.78 is 5.50. The molecular formula is C14H9N2O2. The summed E-state index contributed by atoms with van der Waals surface area (Å²) in [6.45, 7) is 0. The van der Waals surface area contributed by atoms with E-state index in [1.54, 1.807) is 12.1 Å². The number of aromatic amines is 1. The van der Waals surface area contributed by atoms with Gasteiger partial charge in [-0.3, -0.25) is 4.79 Å². The second-order valence-electron chi connectivity index (χ2n) is 3.73. The largest absolute Gasteiger partial charge is 0.437 e. The molecule has 87 valence electrons. The Labute approximate surface area is 103 Å². The highest BCUT2D eigenvalue weighted by molar-refractivity contribution is 5.55. The maximum atomic E-state index is 11.6. The Morgan fingerprint density at radius 3 is 2.72 bits per heavy atom. The van der Waals surface area contributed by atoms with Gasteiger partial charge in [-0.1, -0.05) is 24.3 Å². The maximum Gasteiger partial charge on any atom is 0.246 e. The fraction of sp³-hybridized carbons (Fsp3) is 0. The Morgan fingerprint density at radius 2 is 1.89 bits per heavy atom. The van der Waals surface area contributed by atoms with Gasteiger partial charge in [0.05, 0.1) is 5.69 Å². The third-order valence-corrected chi connectivity index (χ3v) is 2.47. The zero-order valence-electron chi connectivity index (χ0n) is 9.38. The number of nitrogens with one attached hydrogen (secondary N) is 1. The fourth-order valence-corrected chi connectivity index (χ4v) is 1.64. The van der Waals surface area contributed by atoms with Crippen molar-refractivity contribution in [2.75, 3.05) is 0 Å². The van der Waals surface area contributed by atoms with Crippen LogP contribution in [0.2, 0.25) is 0 Å². The van der Waals surface area contributed by atoms with Crippen molar-refractivity contribution in [1.29, 1.82) is 0 Å². The van der Waals surface area contributed by atoms with Crippen molar-refractivity contribution in [3.63, 3.8) is 0 Å². The van der Waals surface area contributed by atoms with Crippen molar-refractivity contribution in [2.45, 2.75) is 0 Å². The molecule has 3 rings (SSSR count). The van der Waals surface area contributed by atoms with E-state index in [1.165, 1.54) is 6.07 Å². The number of hydrogen-bond donors (Lipinski definition) is 1. The highest BCUT2D eigenvalue weighted by Gasteiger charge is 2.09. The zero-order valence-corrected chi connectivity index (χ0v) is 9.38. The maximum absolute atomic E-state index is 11.6. The van der Waals surface area contributed by atoms with E-state index in [-0.39, 0.29) is 11.3 Å². The van der Waals surface area contributed by atoms with Crippen LogP contribution in [0.4, 0.5) is 0 Å². The molecule has 0 spiro atoms. The van der Waals surface area contributed by atoms with Crippen LogP contribution in [-0.2, 0) is 0 Å². The number of fused-ring (bicyclic) bond motifs is 1. The molecule has 1 N–H and O–H groups in total. The van der Waals surface area contributed by atoms with Gasteiger partial charge < -0.3 is 9.72 Å². The van der Waals surface area contributed by atoms with E-state index in [1.807, 2.05) is 30.3 Å². The fourth-order valence-electron chi connectivity index (χ4n) is 1.64. The second kappa shape index (κ2) is 4.33. The number of rotatable bonds is 2. The van der Waals surface area contributed by atoms with Crippen LogP contribution >= 0.6 is 0 Å². The van der Waals surface area contributed by atoms with Crippen LogP contribution in [0.15, 0.2) is 53.3 Å². The van der Waals surface area contributed by atoms with Crippen LogP contribution in [0, 0.1) is 6.20 Å². The molecular weight excluding hydrogens is 228 g/mol. The summed E-state index contributed by atoms with van der Waals surface area (Å²) in [5.74, 6) is 0.898. The number of ether oxygens (including phenoxy) is 1. The van der Waals surface area contributed by atoms with Gasteiger partial charge in [0.25, 0.3) is 0 Å². The van der Waals surface area contributed by atoms with Crippen LogP contribution in [0.25, 0.3) is 11.4 Å². The molecule has 1 aromatic carbocycles. The lowest BCUT2D eigenvalue weighted by atomic mass is 10.2. The number of para-hydroxylation sites is 2. The van der Waals surface area contributed by atoms with E-state index < -0.39 is 0 Å². The molecule has 1 aromatic rings. The minimum absolute atomic E-state index is 0.143. The van der Waals surface area contributed by atoms with E-state index in [4.69, 9.17) is 4.74 Å². The summed E-state index contributed by atoms with van der Waals surface area (Å²) in [6.07, 6.45) is 2.79. The van der Waals surface area contributed by atoms with E-state index in [9.17, 15) is 4.79 Å². The summed E-state index contributed by atoms with van der Waals surface area (Å²) in [5.41, 5.74) is 0.848. The summed E-state index contributed by atoms with van der Waals surface area (Å²) in [6, 6.07) is 14.1. The minimum atomic E-state index is -0.143. The molecule has 0 atom stereocenters. The zero-order chi connectivity index (χ0) is 12.4. The molecule has 0 aromatic heterocycles. The van der Waals surface area contributed by atoms with Crippen molar-refractivity contribution >= 4 is 0 Å². The predicted molar refractivity (Wildman–Crippen MR) is 66.8 cm³/mol. The Hall–Kier alpha value is -2.62. The van der Waals surface area contributed by atoms with Gasteiger partial charge in [-0.25, -0.2) is 4.98 Å². The van der Waals surface area contributed by atoms with Crippen molar-refractivity contribution in [3.05, 3.63) is 65.0 Å². The Balaban J connectivity index is 2.02. The normalized spacial score (nSPS) is 10.4. The average Bonchev–Trinajstić information content (AvgIpc) is 2.41. The van der Waals surface area contributed by atoms with Crippen LogP contribution in [0.3, 0.4) is 0 Å². The third kappa shape index (κ3) is 1.96. The Morgan fingerprint density at radius 1 is 1.06 bits per heavy atom. The quantitative estimate of drug-likeness (QED) is 0.744. The molecule has 0 saturated carbocycles. The lowest BCUT2D eigenvalue weighted by Crippen LogP contribution is -2.08. The Kier molecular flexibility index (Phi) is 2.53. The van der Waals surface area contributed by atoms with E-state index in [2.05, 4.69) is 16.2 Å². The van der Waals surface area contributed by atoms with Gasteiger partial charge in [0, 0.05) is 0 Å². The van der Waals surface area contributed by atoms with Gasteiger partial charge >= 0.3 is 0 Å². The summed E-state index contributed by atoms with van der Waals surface area (Å²) in [7, 11) is 0. The molecule has 4 heteroatoms. The number of nitrogens with zero attached hydrogens (tertiary/aromatic N) is 1. The monoisotopic (exact) mass is 237 g/mol. The second-order valence-corrected chi connectivity index (χ2v) is 3.73. The molecule has 1 heterocycles. The highest BCUT2D eigenvalue weighted by Crippen LogP contribution is 2.20. The van der Waals surface area contributed by atoms with Crippen molar-refractivity contribution in [1.82, 2.24) is 9.97 Å². The molecule has 2 aliphatic rings. The molecule has 18 heavy (non-hydrogen) atoms. The van der Waals surface area contributed by atoms with Gasteiger partial charge in [-0.15, -0.1) is 0 Å². The average molecular weight is 237 g/mol. The molecule has 0 fully saturated rings. The van der Waals surface area contributed by atoms with Gasteiger partial charge in [-0.2, -0.15) is 0 Å². The molecule has 1 aliphatic carbocycles. The van der Waals surface area contributed by atoms with Gasteiger partial charge in [-0.05, 0) is 24.3 Å². The number of aromatic nitrogens is 2. The lowest BCUT2D eigenvalue weighted by Gasteiger charge is -2.07. The Bertz CT molecular complexity index is 692. The van der Waals surface area contributed by atoms with Crippen LogP contribution in [-0.4, -0.2) is 9.97 Å². The number of hydrogen-bond acceptors (Lipinski definition) is 3. The van der Waals surface area contributed by atoms with Crippen LogP contribution in [0.1, 0.15) is 0 Å². The molecule has 0 unspecified atom stereocenters. The van der Waals surface area contributed by atoms with Gasteiger partial charge in [0.15, 0.2) is 0 Å². The SMILES string of the molecule is O=c1cccc2[nH][c]c(Oc3ccccc3)nc1-2. The predicted octanol–water partition coefficient (Wildman–Crippen LogP) is 2.47. The van der Waals surface area contributed by atoms with Gasteiger partial charge in [0.2, 0.25) is 11.3 Å². The van der Waals surface area contributed by atoms with Gasteiger partial charge in [0.1, 0.15) is 17.6 Å². The summed E-state index contributed by atoms with van der Waals surface area (Å²) in [4.78, 5) is 18.6. The molecule has 0 saturated heterocycles. The first-order chi connectivity index (χ1) is 8.83. The summed E-state index contributed by atoms with van der Waals surface area (Å²) >= 11 is 0. The van der Waals surface area contributed by atoms with E-state index in [0.717, 1.165) is 0 Å². The first kappa shape index (κ1) is 10.5.